The Morgan fingerprint density at radius 2 is 1.56 bits per heavy atom. The molecule has 0 unspecified atom stereocenters. The molecule has 11 nitrogen and oxygen atoms in total. The molecule has 0 bridgehead atoms. The van der Waals surface area contributed by atoms with Gasteiger partial charge >= 0.3 is 5.97 Å². The third-order valence-electron chi connectivity index (χ3n) is 6.79. The molecule has 34 heavy (non-hydrogen) atoms. The molecule has 1 fully saturated rings. The van der Waals surface area contributed by atoms with E-state index in [2.05, 4.69) is 0 Å². The van der Waals surface area contributed by atoms with E-state index in [0.717, 1.165) is 6.07 Å². The molecule has 0 aromatic heterocycles. The Bertz CT molecular complexity index is 1260. The van der Waals surface area contributed by atoms with Gasteiger partial charge in [-0.2, -0.15) is 0 Å². The van der Waals surface area contributed by atoms with Crippen molar-refractivity contribution in [2.24, 2.45) is 5.92 Å². The first-order chi connectivity index (χ1) is 15.9. The van der Waals surface area contributed by atoms with Crippen LogP contribution in [0.4, 0.5) is 0 Å². The number of aromatic hydroxyl groups is 4. The summed E-state index contributed by atoms with van der Waals surface area (Å²) >= 11 is 0. The molecule has 2 aliphatic rings. The number of hydrogen-bond acceptors (Lipinski definition) is 10. The number of aliphatic hydroxyl groups is 3. The van der Waals surface area contributed by atoms with Crippen LogP contribution in [-0.2, 0) is 0 Å². The van der Waals surface area contributed by atoms with Crippen molar-refractivity contribution in [2.75, 3.05) is 6.61 Å². The van der Waals surface area contributed by atoms with Crippen LogP contribution in [0.15, 0.2) is 6.07 Å². The predicted octanol–water partition coefficient (Wildman–Crippen LogP) is 0.499. The Kier molecular flexibility index (Phi) is 5.51. The molecule has 11 heteroatoms. The van der Waals surface area contributed by atoms with E-state index in [1.807, 2.05) is 0 Å². The van der Waals surface area contributed by atoms with Crippen molar-refractivity contribution in [3.05, 3.63) is 45.0 Å². The summed E-state index contributed by atoms with van der Waals surface area (Å²) in [5.74, 6) is -8.85. The van der Waals surface area contributed by atoms with Gasteiger partial charge in [-0.1, -0.05) is 0 Å². The number of rotatable bonds is 3. The molecule has 0 aliphatic heterocycles. The largest absolute Gasteiger partial charge is 0.507 e. The minimum atomic E-state index is -1.55. The summed E-state index contributed by atoms with van der Waals surface area (Å²) in [5, 5.41) is 81.6. The number of aromatic carboxylic acids is 1. The van der Waals surface area contributed by atoms with Crippen LogP contribution in [0.5, 0.6) is 23.0 Å². The Labute approximate surface area is 191 Å². The van der Waals surface area contributed by atoms with Crippen LogP contribution < -0.4 is 0 Å². The normalized spacial score (nSPS) is 24.0. The number of hydrogen-bond donors (Lipinski definition) is 8. The van der Waals surface area contributed by atoms with E-state index < -0.39 is 93.4 Å². The zero-order valence-electron chi connectivity index (χ0n) is 17.8. The summed E-state index contributed by atoms with van der Waals surface area (Å²) < 4.78 is 0. The van der Waals surface area contributed by atoms with Crippen molar-refractivity contribution in [3.63, 3.8) is 0 Å². The Hall–Kier alpha value is -3.67. The fourth-order valence-electron chi connectivity index (χ4n) is 5.12. The van der Waals surface area contributed by atoms with Crippen molar-refractivity contribution in [1.29, 1.82) is 0 Å². The maximum Gasteiger partial charge on any atom is 0.339 e. The molecular formula is C23H22O11. The second-order valence-electron chi connectivity index (χ2n) is 8.66. The van der Waals surface area contributed by atoms with E-state index in [1.54, 1.807) is 0 Å². The van der Waals surface area contributed by atoms with Gasteiger partial charge in [-0.3, -0.25) is 9.59 Å². The van der Waals surface area contributed by atoms with Gasteiger partial charge in [0, 0.05) is 29.2 Å². The predicted molar refractivity (Wildman–Crippen MR) is 113 cm³/mol. The minimum absolute atomic E-state index is 0.0249. The number of phenols is 4. The molecule has 2 aliphatic carbocycles. The third kappa shape index (κ3) is 3.12. The number of carboxylic acid groups (broad SMARTS) is 1. The molecule has 2 aromatic rings. The molecule has 180 valence electrons. The first-order valence-electron chi connectivity index (χ1n) is 10.4. The fourth-order valence-corrected chi connectivity index (χ4v) is 5.12. The number of carboxylic acids is 1. The Morgan fingerprint density at radius 3 is 2.15 bits per heavy atom. The lowest BCUT2D eigenvalue weighted by molar-refractivity contribution is -0.0651. The quantitative estimate of drug-likeness (QED) is 0.193. The minimum Gasteiger partial charge on any atom is -0.507 e. The molecule has 0 saturated heterocycles. The molecule has 8 N–H and O–H groups in total. The number of carbonyl (C=O) groups excluding carboxylic acids is 2. The number of fused-ring (bicyclic) bond motifs is 2. The van der Waals surface area contributed by atoms with E-state index >= 15 is 0 Å². The average molecular weight is 474 g/mol. The summed E-state index contributed by atoms with van der Waals surface area (Å²) in [5.41, 5.74) is -3.34. The summed E-state index contributed by atoms with van der Waals surface area (Å²) in [6.45, 7) is 0.694. The number of benzene rings is 2. The van der Waals surface area contributed by atoms with Crippen LogP contribution >= 0.6 is 0 Å². The molecule has 0 radical (unpaired) electrons. The second kappa shape index (κ2) is 7.97. The van der Waals surface area contributed by atoms with Gasteiger partial charge in [0.1, 0.15) is 17.1 Å². The van der Waals surface area contributed by atoms with Crippen LogP contribution in [0.1, 0.15) is 72.1 Å². The Balaban J connectivity index is 1.96. The highest BCUT2D eigenvalue weighted by Gasteiger charge is 2.44. The van der Waals surface area contributed by atoms with E-state index in [-0.39, 0.29) is 29.5 Å². The molecule has 2 aromatic carbocycles. The van der Waals surface area contributed by atoms with Crippen molar-refractivity contribution < 1.29 is 55.2 Å². The van der Waals surface area contributed by atoms with Crippen LogP contribution in [0.3, 0.4) is 0 Å². The first kappa shape index (κ1) is 23.5. The molecule has 4 rings (SSSR count). The van der Waals surface area contributed by atoms with Crippen LogP contribution in [-0.4, -0.2) is 77.2 Å². The van der Waals surface area contributed by atoms with Crippen molar-refractivity contribution in [3.8, 4) is 23.0 Å². The molecular weight excluding hydrogens is 452 g/mol. The molecule has 0 spiro atoms. The zero-order valence-corrected chi connectivity index (χ0v) is 17.8. The monoisotopic (exact) mass is 474 g/mol. The van der Waals surface area contributed by atoms with Gasteiger partial charge in [0.05, 0.1) is 23.3 Å². The van der Waals surface area contributed by atoms with E-state index in [1.165, 1.54) is 6.92 Å². The van der Waals surface area contributed by atoms with Gasteiger partial charge < -0.3 is 40.9 Å². The maximum absolute atomic E-state index is 13.4. The standard InChI is InChI=1S/C23H22O11/c1-6-12-9(4-10(25)13(6)23(33)34)18(28)15-16(19(12)29)20(30)14(21(31)22(15)32)7-2-8(5-24)17(27)11(26)3-7/h4,7-8,11,17,24-27,30-32H,2-3,5H2,1H3,(H,33,34)/t7-,8+,11-,17-/m1/s1. The number of ketones is 2. The topological polar surface area (TPSA) is 213 Å². The van der Waals surface area contributed by atoms with Gasteiger partial charge in [0.25, 0.3) is 0 Å². The van der Waals surface area contributed by atoms with Crippen molar-refractivity contribution in [2.45, 2.75) is 37.9 Å². The number of phenolic OH excluding ortho intramolecular Hbond substituents is 3. The highest BCUT2D eigenvalue weighted by atomic mass is 16.4. The molecule has 1 saturated carbocycles. The fraction of sp³-hybridized carbons (Fsp3) is 0.348. The van der Waals surface area contributed by atoms with Crippen molar-refractivity contribution >= 4 is 17.5 Å². The lowest BCUT2D eigenvalue weighted by Gasteiger charge is -2.37. The smallest absolute Gasteiger partial charge is 0.339 e. The number of carbonyl (C=O) groups is 3. The second-order valence-corrected chi connectivity index (χ2v) is 8.66. The summed E-state index contributed by atoms with van der Waals surface area (Å²) in [6.07, 6.45) is -2.82. The van der Waals surface area contributed by atoms with Gasteiger partial charge in [-0.25, -0.2) is 4.79 Å². The number of aliphatic hydroxyl groups excluding tert-OH is 3. The summed E-state index contributed by atoms with van der Waals surface area (Å²) in [6, 6.07) is 0.779. The SMILES string of the molecule is Cc1c(C(=O)O)c(O)cc2c1C(=O)c1c(O)c([C@@H]3C[C@@H](CO)[C@@H](O)[C@H](O)C3)c(O)c(O)c1C2=O. The maximum atomic E-state index is 13.4. The Morgan fingerprint density at radius 1 is 0.941 bits per heavy atom. The highest BCUT2D eigenvalue weighted by molar-refractivity contribution is 6.31. The average Bonchev–Trinajstić information content (AvgIpc) is 2.76. The van der Waals surface area contributed by atoms with Gasteiger partial charge in [0.15, 0.2) is 23.1 Å². The van der Waals surface area contributed by atoms with E-state index in [0.29, 0.717) is 0 Å². The van der Waals surface area contributed by atoms with E-state index in [9.17, 15) is 55.2 Å². The summed E-state index contributed by atoms with van der Waals surface area (Å²) in [4.78, 5) is 38.1. The van der Waals surface area contributed by atoms with Crippen molar-refractivity contribution in [1.82, 2.24) is 0 Å². The van der Waals surface area contributed by atoms with Gasteiger partial charge in [0.2, 0.25) is 0 Å². The van der Waals surface area contributed by atoms with Gasteiger partial charge in [-0.15, -0.1) is 0 Å². The molecule has 0 amide bonds. The molecule has 4 atom stereocenters. The lowest BCUT2D eigenvalue weighted by Crippen LogP contribution is -2.41. The highest BCUT2D eigenvalue weighted by Crippen LogP contribution is 2.53. The van der Waals surface area contributed by atoms with E-state index in [4.69, 9.17) is 0 Å². The summed E-state index contributed by atoms with van der Waals surface area (Å²) in [7, 11) is 0. The van der Waals surface area contributed by atoms with Crippen LogP contribution in [0.25, 0.3) is 0 Å². The zero-order chi connectivity index (χ0) is 25.2. The van der Waals surface area contributed by atoms with Gasteiger partial charge in [-0.05, 0) is 37.3 Å². The lowest BCUT2D eigenvalue weighted by atomic mass is 9.72. The molecule has 0 heterocycles. The first-order valence-corrected chi connectivity index (χ1v) is 10.4. The van der Waals surface area contributed by atoms with Crippen LogP contribution in [0.2, 0.25) is 0 Å². The third-order valence-corrected chi connectivity index (χ3v) is 6.79. The van der Waals surface area contributed by atoms with Crippen LogP contribution in [0, 0.1) is 12.8 Å².